The number of fused-ring (bicyclic) bond motifs is 1. The standard InChI is InChI=1S/C12H11F2N3S/c13-7-3-9-10(4-8(7)14)17(5-11(15)18)12(16-9)6-1-2-6/h3-4,6H,1-2,5H2,(H2,15,18). The molecule has 1 aromatic heterocycles. The van der Waals surface area contributed by atoms with Crippen molar-refractivity contribution in [1.29, 1.82) is 0 Å². The first-order valence-electron chi connectivity index (χ1n) is 5.69. The molecule has 0 atom stereocenters. The minimum absolute atomic E-state index is 0.306. The Kier molecular flexibility index (Phi) is 2.55. The second-order valence-corrected chi connectivity index (χ2v) is 5.08. The number of imidazole rings is 1. The molecule has 1 fully saturated rings. The molecule has 3 nitrogen and oxygen atoms in total. The number of aromatic nitrogens is 2. The third-order valence-corrected chi connectivity index (χ3v) is 3.21. The predicted octanol–water partition coefficient (Wildman–Crippen LogP) is 2.48. The van der Waals surface area contributed by atoms with Gasteiger partial charge in [-0.15, -0.1) is 0 Å². The Bertz CT molecular complexity index is 646. The van der Waals surface area contributed by atoms with Gasteiger partial charge in [-0.3, -0.25) is 0 Å². The van der Waals surface area contributed by atoms with Gasteiger partial charge in [0.15, 0.2) is 11.6 Å². The molecule has 1 aliphatic rings. The van der Waals surface area contributed by atoms with E-state index in [4.69, 9.17) is 18.0 Å². The fourth-order valence-electron chi connectivity index (χ4n) is 2.11. The molecule has 3 rings (SSSR count). The number of benzene rings is 1. The largest absolute Gasteiger partial charge is 0.392 e. The molecule has 1 saturated carbocycles. The van der Waals surface area contributed by atoms with E-state index in [1.807, 2.05) is 0 Å². The molecule has 6 heteroatoms. The number of thiocarbonyl (C=S) groups is 1. The summed E-state index contributed by atoms with van der Waals surface area (Å²) in [7, 11) is 0. The van der Waals surface area contributed by atoms with Gasteiger partial charge in [0.05, 0.1) is 22.6 Å². The molecule has 0 saturated heterocycles. The van der Waals surface area contributed by atoms with Crippen LogP contribution in [-0.2, 0) is 6.54 Å². The van der Waals surface area contributed by atoms with E-state index >= 15 is 0 Å². The summed E-state index contributed by atoms with van der Waals surface area (Å²) in [6.07, 6.45) is 2.09. The molecule has 0 spiro atoms. The zero-order chi connectivity index (χ0) is 12.9. The van der Waals surface area contributed by atoms with Crippen LogP contribution >= 0.6 is 12.2 Å². The molecule has 1 heterocycles. The maximum absolute atomic E-state index is 13.3. The molecule has 2 aromatic rings. The Morgan fingerprint density at radius 3 is 2.67 bits per heavy atom. The average Bonchev–Trinajstić information content (AvgIpc) is 3.07. The molecule has 0 unspecified atom stereocenters. The van der Waals surface area contributed by atoms with Crippen LogP contribution in [0.2, 0.25) is 0 Å². The zero-order valence-electron chi connectivity index (χ0n) is 9.49. The van der Waals surface area contributed by atoms with Crippen molar-refractivity contribution < 1.29 is 8.78 Å². The van der Waals surface area contributed by atoms with Crippen molar-refractivity contribution in [1.82, 2.24) is 9.55 Å². The highest BCUT2D eigenvalue weighted by Crippen LogP contribution is 2.40. The number of rotatable bonds is 3. The predicted molar refractivity (Wildman–Crippen MR) is 68.4 cm³/mol. The number of hydrogen-bond acceptors (Lipinski definition) is 2. The second-order valence-electron chi connectivity index (χ2n) is 4.55. The van der Waals surface area contributed by atoms with Gasteiger partial charge in [0.25, 0.3) is 0 Å². The minimum Gasteiger partial charge on any atom is -0.392 e. The summed E-state index contributed by atoms with van der Waals surface area (Å²) < 4.78 is 28.3. The number of hydrogen-bond donors (Lipinski definition) is 1. The average molecular weight is 267 g/mol. The van der Waals surface area contributed by atoms with Crippen LogP contribution in [0.15, 0.2) is 12.1 Å². The molecule has 94 valence electrons. The third-order valence-electron chi connectivity index (χ3n) is 3.08. The van der Waals surface area contributed by atoms with Gasteiger partial charge in [-0.05, 0) is 12.8 Å². The number of nitrogens with zero attached hydrogens (tertiary/aromatic N) is 2. The zero-order valence-corrected chi connectivity index (χ0v) is 10.3. The molecule has 1 aromatic carbocycles. The lowest BCUT2D eigenvalue weighted by molar-refractivity contribution is 0.510. The van der Waals surface area contributed by atoms with Gasteiger partial charge in [0.1, 0.15) is 5.82 Å². The van der Waals surface area contributed by atoms with Gasteiger partial charge in [-0.2, -0.15) is 0 Å². The monoisotopic (exact) mass is 267 g/mol. The van der Waals surface area contributed by atoms with E-state index in [0.717, 1.165) is 30.8 Å². The van der Waals surface area contributed by atoms with Crippen LogP contribution in [0.1, 0.15) is 24.6 Å². The number of halogens is 2. The topological polar surface area (TPSA) is 43.8 Å². The molecule has 0 amide bonds. The maximum atomic E-state index is 13.3. The van der Waals surface area contributed by atoms with Crippen molar-refractivity contribution in [2.45, 2.75) is 25.3 Å². The van der Waals surface area contributed by atoms with Crippen molar-refractivity contribution in [2.24, 2.45) is 5.73 Å². The molecule has 18 heavy (non-hydrogen) atoms. The van der Waals surface area contributed by atoms with Gasteiger partial charge in [0.2, 0.25) is 0 Å². The smallest absolute Gasteiger partial charge is 0.161 e. The summed E-state index contributed by atoms with van der Waals surface area (Å²) in [5.74, 6) is -0.584. The molecule has 0 bridgehead atoms. The normalized spacial score (nSPS) is 15.2. The summed E-state index contributed by atoms with van der Waals surface area (Å²) in [4.78, 5) is 4.68. The molecule has 0 aliphatic heterocycles. The molecular formula is C12H11F2N3S. The van der Waals surface area contributed by atoms with E-state index in [1.165, 1.54) is 0 Å². The van der Waals surface area contributed by atoms with Crippen LogP contribution in [0.4, 0.5) is 8.78 Å². The Labute approximate surface area is 108 Å². The van der Waals surface area contributed by atoms with Gasteiger partial charge in [-0.1, -0.05) is 12.2 Å². The van der Waals surface area contributed by atoms with E-state index in [-0.39, 0.29) is 0 Å². The van der Waals surface area contributed by atoms with Crippen LogP contribution in [-0.4, -0.2) is 14.5 Å². The molecular weight excluding hydrogens is 256 g/mol. The fraction of sp³-hybridized carbons (Fsp3) is 0.333. The SMILES string of the molecule is NC(=S)Cn1c(C2CC2)nc2cc(F)c(F)cc21. The van der Waals surface area contributed by atoms with E-state index in [9.17, 15) is 8.78 Å². The van der Waals surface area contributed by atoms with Gasteiger partial charge in [-0.25, -0.2) is 13.8 Å². The van der Waals surface area contributed by atoms with Crippen molar-refractivity contribution in [3.05, 3.63) is 29.6 Å². The Balaban J connectivity index is 2.23. The van der Waals surface area contributed by atoms with Crippen molar-refractivity contribution in [2.75, 3.05) is 0 Å². The van der Waals surface area contributed by atoms with Gasteiger partial charge >= 0.3 is 0 Å². The first-order valence-corrected chi connectivity index (χ1v) is 6.10. The minimum atomic E-state index is -0.884. The maximum Gasteiger partial charge on any atom is 0.161 e. The summed E-state index contributed by atoms with van der Waals surface area (Å²) in [5.41, 5.74) is 6.54. The van der Waals surface area contributed by atoms with Crippen molar-refractivity contribution >= 4 is 28.2 Å². The quantitative estimate of drug-likeness (QED) is 0.869. The van der Waals surface area contributed by atoms with E-state index in [0.29, 0.717) is 28.5 Å². The summed E-state index contributed by atoms with van der Waals surface area (Å²) in [5, 5.41) is 0. The lowest BCUT2D eigenvalue weighted by atomic mass is 10.3. The van der Waals surface area contributed by atoms with Crippen LogP contribution in [0.3, 0.4) is 0 Å². The van der Waals surface area contributed by atoms with Crippen LogP contribution in [0, 0.1) is 11.6 Å². The van der Waals surface area contributed by atoms with Gasteiger partial charge < -0.3 is 10.3 Å². The van der Waals surface area contributed by atoms with E-state index in [2.05, 4.69) is 4.98 Å². The Hall–Kier alpha value is -1.56. The first-order chi connectivity index (χ1) is 8.56. The van der Waals surface area contributed by atoms with E-state index < -0.39 is 11.6 Å². The van der Waals surface area contributed by atoms with Crippen LogP contribution in [0.5, 0.6) is 0 Å². The van der Waals surface area contributed by atoms with Crippen molar-refractivity contribution in [3.8, 4) is 0 Å². The molecule has 2 N–H and O–H groups in total. The highest BCUT2D eigenvalue weighted by atomic mass is 32.1. The highest BCUT2D eigenvalue weighted by Gasteiger charge is 2.30. The molecule has 0 radical (unpaired) electrons. The molecule has 1 aliphatic carbocycles. The summed E-state index contributed by atoms with van der Waals surface area (Å²) in [6, 6.07) is 2.27. The van der Waals surface area contributed by atoms with Crippen LogP contribution < -0.4 is 5.73 Å². The number of nitrogens with two attached hydrogens (primary N) is 1. The fourth-order valence-corrected chi connectivity index (χ4v) is 2.24. The van der Waals surface area contributed by atoms with Crippen molar-refractivity contribution in [3.63, 3.8) is 0 Å². The van der Waals surface area contributed by atoms with Crippen LogP contribution in [0.25, 0.3) is 11.0 Å². The lowest BCUT2D eigenvalue weighted by Crippen LogP contribution is -2.18. The van der Waals surface area contributed by atoms with Gasteiger partial charge in [0, 0.05) is 18.1 Å². The third kappa shape index (κ3) is 1.86. The highest BCUT2D eigenvalue weighted by molar-refractivity contribution is 7.80. The second kappa shape index (κ2) is 3.98. The van der Waals surface area contributed by atoms with E-state index in [1.54, 1.807) is 4.57 Å². The lowest BCUT2D eigenvalue weighted by Gasteiger charge is -2.07. The first kappa shape index (κ1) is 11.5. The summed E-state index contributed by atoms with van der Waals surface area (Å²) in [6.45, 7) is 0.308. The Morgan fingerprint density at radius 1 is 1.39 bits per heavy atom. The summed E-state index contributed by atoms with van der Waals surface area (Å²) >= 11 is 4.89. The Morgan fingerprint density at radius 2 is 2.06 bits per heavy atom.